The molecule has 0 unspecified atom stereocenters. The molecular weight excluding hydrogens is 600 g/mol. The number of hydrogen-bond donors (Lipinski definition) is 0. The minimum Gasteiger partial charge on any atom is -0.844 e. The van der Waals surface area contributed by atoms with E-state index in [0.29, 0.717) is 19.5 Å². The van der Waals surface area contributed by atoms with Gasteiger partial charge in [0.05, 0.1) is 19.3 Å². The third-order valence-electron chi connectivity index (χ3n) is 4.52. The number of nitrogens with zero attached hydrogens (tertiary/aromatic N) is 5. The third kappa shape index (κ3) is 10.4. The SMILES string of the molecule is C=CCN(CC=C)C(=O)C(Cl)Cl.CCCOc1nn(C([O-])=NS(=O)(=O)c2ccccc2C(=O)OC)c(=O)n1C.[Na+]. The minimum atomic E-state index is -4.61. The van der Waals surface area contributed by atoms with Crippen LogP contribution in [0.25, 0.3) is 0 Å². The third-order valence-corrected chi connectivity index (χ3v) is 6.20. The summed E-state index contributed by atoms with van der Waals surface area (Å²) in [6.45, 7) is 9.97. The quantitative estimate of drug-likeness (QED) is 0.0691. The molecule has 1 amide bonds. The van der Waals surface area contributed by atoms with Gasteiger partial charge in [0.25, 0.3) is 15.9 Å². The van der Waals surface area contributed by atoms with Gasteiger partial charge in [0.2, 0.25) is 0 Å². The summed E-state index contributed by atoms with van der Waals surface area (Å²) in [5.41, 5.74) is -1.22. The van der Waals surface area contributed by atoms with Crippen LogP contribution in [0.1, 0.15) is 23.7 Å². The Labute approximate surface area is 264 Å². The number of carbonyl (C=O) groups excluding carboxylic acids is 2. The van der Waals surface area contributed by atoms with Gasteiger partial charge in [-0.1, -0.05) is 54.4 Å². The van der Waals surface area contributed by atoms with E-state index in [1.165, 1.54) is 30.1 Å². The summed E-state index contributed by atoms with van der Waals surface area (Å²) < 4.78 is 38.9. The average Bonchev–Trinajstić information content (AvgIpc) is 3.19. The molecule has 0 aliphatic rings. The maximum Gasteiger partial charge on any atom is 1.00 e. The van der Waals surface area contributed by atoms with E-state index in [9.17, 15) is 27.9 Å². The number of hydrogen-bond acceptors (Lipinski definition) is 9. The molecule has 40 heavy (non-hydrogen) atoms. The number of aromatic nitrogens is 3. The van der Waals surface area contributed by atoms with Crippen molar-refractivity contribution in [2.24, 2.45) is 11.4 Å². The van der Waals surface area contributed by atoms with Crippen molar-refractivity contribution in [3.05, 3.63) is 65.6 Å². The Kier molecular flexibility index (Phi) is 16.8. The van der Waals surface area contributed by atoms with E-state index >= 15 is 0 Å². The van der Waals surface area contributed by atoms with Crippen LogP contribution < -0.4 is 45.1 Å². The van der Waals surface area contributed by atoms with Gasteiger partial charge in [0.15, 0.2) is 4.84 Å². The van der Waals surface area contributed by atoms with Crippen molar-refractivity contribution in [1.82, 2.24) is 19.2 Å². The van der Waals surface area contributed by atoms with Crippen molar-refractivity contribution in [2.75, 3.05) is 26.8 Å². The number of rotatable bonds is 11. The first-order valence-corrected chi connectivity index (χ1v) is 13.4. The zero-order valence-electron chi connectivity index (χ0n) is 22.5. The smallest absolute Gasteiger partial charge is 0.844 e. The number of esters is 1. The Bertz CT molecular complexity index is 1370. The standard InChI is InChI=1S/C15H18N4O7S.C8H11Cl2NO.Na/c1-4-9-26-14-16-19(15(22)18(14)2)13(21)17-27(23,24)11-8-6-5-7-10(11)12(20)25-3;1-3-5-11(6-4-2)8(12)7(9)10;/h5-8H,4,9H2,1-3H3,(H,17,21);3-4,7H,1-2,5-6H2;/q;;+1/p-1. The molecule has 0 aliphatic heterocycles. The van der Waals surface area contributed by atoms with Gasteiger partial charge in [0, 0.05) is 20.1 Å². The number of sulfonamides is 1. The summed E-state index contributed by atoms with van der Waals surface area (Å²) in [5.74, 6) is -1.24. The molecule has 214 valence electrons. The van der Waals surface area contributed by atoms with Gasteiger partial charge in [-0.15, -0.1) is 18.3 Å². The van der Waals surface area contributed by atoms with E-state index in [1.807, 2.05) is 6.92 Å². The van der Waals surface area contributed by atoms with Crippen LogP contribution in [0.15, 0.2) is 63.7 Å². The fourth-order valence-electron chi connectivity index (χ4n) is 2.73. The summed E-state index contributed by atoms with van der Waals surface area (Å²) >= 11 is 10.8. The molecule has 17 heteroatoms. The first-order valence-electron chi connectivity index (χ1n) is 11.1. The fourth-order valence-corrected chi connectivity index (χ4v) is 4.07. The van der Waals surface area contributed by atoms with Crippen LogP contribution in [-0.4, -0.2) is 77.2 Å². The Hall–Kier alpha value is -2.62. The predicted molar refractivity (Wildman–Crippen MR) is 144 cm³/mol. The van der Waals surface area contributed by atoms with Gasteiger partial charge in [-0.25, -0.2) is 14.2 Å². The number of methoxy groups -OCH3 is 1. The Morgan fingerprint density at radius 2 is 1.80 bits per heavy atom. The van der Waals surface area contributed by atoms with Gasteiger partial charge >= 0.3 is 47.2 Å². The van der Waals surface area contributed by atoms with E-state index in [2.05, 4.69) is 27.4 Å². The van der Waals surface area contributed by atoms with Crippen LogP contribution in [0, 0.1) is 0 Å². The Morgan fingerprint density at radius 3 is 2.30 bits per heavy atom. The average molecular weight is 628 g/mol. The summed E-state index contributed by atoms with van der Waals surface area (Å²) in [5, 5.41) is 15.9. The van der Waals surface area contributed by atoms with Crippen molar-refractivity contribution in [3.63, 3.8) is 0 Å². The maximum atomic E-state index is 12.5. The predicted octanol–water partition coefficient (Wildman–Crippen LogP) is -1.89. The van der Waals surface area contributed by atoms with Crippen LogP contribution in [0.2, 0.25) is 0 Å². The van der Waals surface area contributed by atoms with Crippen molar-refractivity contribution in [3.8, 4) is 6.01 Å². The summed E-state index contributed by atoms with van der Waals surface area (Å²) in [7, 11) is -2.21. The molecule has 0 aliphatic carbocycles. The Morgan fingerprint density at radius 1 is 1.23 bits per heavy atom. The van der Waals surface area contributed by atoms with Gasteiger partial charge in [-0.3, -0.25) is 4.79 Å². The molecule has 1 heterocycles. The van der Waals surface area contributed by atoms with Gasteiger partial charge in [-0.2, -0.15) is 17.5 Å². The number of carbonyl (C=O) groups is 2. The molecule has 1 aromatic carbocycles. The molecule has 0 saturated carbocycles. The molecule has 0 N–H and O–H groups in total. The van der Waals surface area contributed by atoms with E-state index in [-0.39, 0.29) is 58.3 Å². The molecular formula is C23H28Cl2N5NaO8S. The van der Waals surface area contributed by atoms with Crippen LogP contribution in [-0.2, 0) is 26.6 Å². The largest absolute Gasteiger partial charge is 1.00 e. The summed E-state index contributed by atoms with van der Waals surface area (Å²) in [6.07, 6.45) is 3.85. The first kappa shape index (κ1) is 37.4. The van der Waals surface area contributed by atoms with Crippen LogP contribution in [0.5, 0.6) is 6.01 Å². The molecule has 2 rings (SSSR count). The summed E-state index contributed by atoms with van der Waals surface area (Å²) in [4.78, 5) is 34.9. The second-order valence-corrected chi connectivity index (χ2v) is 10.0. The molecule has 0 bridgehead atoms. The molecule has 0 radical (unpaired) electrons. The van der Waals surface area contributed by atoms with E-state index < -0.39 is 37.4 Å². The molecule has 1 aromatic heterocycles. The second-order valence-electron chi connectivity index (χ2n) is 7.34. The minimum absolute atomic E-state index is 0. The maximum absolute atomic E-state index is 12.5. The molecule has 0 fully saturated rings. The number of amides is 1. The fraction of sp³-hybridized carbons (Fsp3) is 0.348. The number of halogens is 2. The zero-order chi connectivity index (χ0) is 29.8. The van der Waals surface area contributed by atoms with Gasteiger partial charge in [-0.05, 0) is 18.6 Å². The first-order chi connectivity index (χ1) is 18.4. The van der Waals surface area contributed by atoms with E-state index in [1.54, 1.807) is 12.2 Å². The molecule has 0 atom stereocenters. The zero-order valence-corrected chi connectivity index (χ0v) is 26.8. The van der Waals surface area contributed by atoms with E-state index in [4.69, 9.17) is 27.9 Å². The van der Waals surface area contributed by atoms with Crippen molar-refractivity contribution < 1.29 is 62.1 Å². The van der Waals surface area contributed by atoms with Gasteiger partial charge in [0.1, 0.15) is 10.9 Å². The van der Waals surface area contributed by atoms with E-state index in [0.717, 1.165) is 17.7 Å². The number of benzene rings is 1. The van der Waals surface area contributed by atoms with Crippen molar-refractivity contribution >= 4 is 51.1 Å². The van der Waals surface area contributed by atoms with Crippen LogP contribution >= 0.6 is 23.2 Å². The van der Waals surface area contributed by atoms with Crippen molar-refractivity contribution in [2.45, 2.75) is 23.1 Å². The number of alkyl halides is 2. The van der Waals surface area contributed by atoms with Crippen LogP contribution in [0.3, 0.4) is 0 Å². The van der Waals surface area contributed by atoms with Gasteiger partial charge < -0.3 is 19.5 Å². The molecule has 2 aromatic rings. The molecule has 0 saturated heterocycles. The molecule has 0 spiro atoms. The monoisotopic (exact) mass is 627 g/mol. The van der Waals surface area contributed by atoms with Crippen LogP contribution in [0.4, 0.5) is 0 Å². The molecule has 13 nitrogen and oxygen atoms in total. The number of ether oxygens (including phenoxy) is 2. The van der Waals surface area contributed by atoms with Crippen molar-refractivity contribution in [1.29, 1.82) is 0 Å². The Balaban J connectivity index is 0.000000993. The second kappa shape index (κ2) is 17.9. The topological polar surface area (TPSA) is 165 Å². The summed E-state index contributed by atoms with van der Waals surface area (Å²) in [6, 6.07) is 3.48. The normalized spacial score (nSPS) is 11.0.